The topological polar surface area (TPSA) is 32.3 Å². The van der Waals surface area contributed by atoms with Crippen LogP contribution in [0.2, 0.25) is 0 Å². The number of hydrogen-bond acceptors (Lipinski definition) is 2. The van der Waals surface area contributed by atoms with Gasteiger partial charge in [-0.3, -0.25) is 0 Å². The molecule has 2 saturated carbocycles. The second-order valence-electron chi connectivity index (χ2n) is 5.20. The fourth-order valence-corrected chi connectivity index (χ4v) is 3.01. The van der Waals surface area contributed by atoms with Crippen molar-refractivity contribution in [2.75, 3.05) is 0 Å². The lowest BCUT2D eigenvalue weighted by molar-refractivity contribution is 0.107. The molecule has 0 bridgehead atoms. The third kappa shape index (κ3) is 2.48. The van der Waals surface area contributed by atoms with Crippen molar-refractivity contribution in [3.63, 3.8) is 0 Å². The summed E-state index contributed by atoms with van der Waals surface area (Å²) in [5, 5.41) is 13.3. The molecule has 2 aliphatic rings. The first-order valence-corrected chi connectivity index (χ1v) is 6.20. The zero-order valence-electron chi connectivity index (χ0n) is 9.21. The highest BCUT2D eigenvalue weighted by Crippen LogP contribution is 2.27. The average molecular weight is 197 g/mol. The number of aliphatic hydroxyl groups is 1. The van der Waals surface area contributed by atoms with E-state index in [9.17, 15) is 5.11 Å². The molecule has 0 aromatic heterocycles. The highest BCUT2D eigenvalue weighted by Gasteiger charge is 2.27. The Kier molecular flexibility index (Phi) is 3.45. The molecule has 0 aromatic rings. The monoisotopic (exact) mass is 197 g/mol. The van der Waals surface area contributed by atoms with E-state index in [2.05, 4.69) is 12.2 Å². The molecule has 0 saturated heterocycles. The van der Waals surface area contributed by atoms with E-state index in [1.54, 1.807) is 0 Å². The predicted molar refractivity (Wildman–Crippen MR) is 58.2 cm³/mol. The van der Waals surface area contributed by atoms with Gasteiger partial charge in [-0.1, -0.05) is 13.3 Å². The second kappa shape index (κ2) is 4.63. The van der Waals surface area contributed by atoms with E-state index in [-0.39, 0.29) is 6.10 Å². The molecule has 2 N–H and O–H groups in total. The second-order valence-corrected chi connectivity index (χ2v) is 5.20. The number of nitrogens with one attached hydrogen (secondary N) is 1. The summed E-state index contributed by atoms with van der Waals surface area (Å²) in [7, 11) is 0. The molecule has 0 aromatic carbocycles. The van der Waals surface area contributed by atoms with Crippen molar-refractivity contribution >= 4 is 0 Å². The maximum atomic E-state index is 9.58. The molecule has 4 atom stereocenters. The molecular weight excluding hydrogens is 174 g/mol. The zero-order chi connectivity index (χ0) is 9.97. The summed E-state index contributed by atoms with van der Waals surface area (Å²) < 4.78 is 0. The highest BCUT2D eigenvalue weighted by atomic mass is 16.3. The largest absolute Gasteiger partial charge is 0.393 e. The van der Waals surface area contributed by atoms with Crippen molar-refractivity contribution in [2.24, 2.45) is 5.92 Å². The van der Waals surface area contributed by atoms with Crippen LogP contribution in [-0.4, -0.2) is 23.3 Å². The van der Waals surface area contributed by atoms with Gasteiger partial charge < -0.3 is 10.4 Å². The van der Waals surface area contributed by atoms with Crippen LogP contribution >= 0.6 is 0 Å². The van der Waals surface area contributed by atoms with Gasteiger partial charge in [0.2, 0.25) is 0 Å². The lowest BCUT2D eigenvalue weighted by atomic mass is 9.91. The molecule has 2 aliphatic carbocycles. The van der Waals surface area contributed by atoms with Crippen LogP contribution < -0.4 is 5.32 Å². The molecule has 14 heavy (non-hydrogen) atoms. The van der Waals surface area contributed by atoms with Crippen LogP contribution in [0, 0.1) is 5.92 Å². The highest BCUT2D eigenvalue weighted by molar-refractivity contribution is 4.86. The maximum absolute atomic E-state index is 9.58. The van der Waals surface area contributed by atoms with Crippen molar-refractivity contribution in [3.05, 3.63) is 0 Å². The van der Waals surface area contributed by atoms with Crippen molar-refractivity contribution in [2.45, 2.75) is 70.1 Å². The Morgan fingerprint density at radius 1 is 1.07 bits per heavy atom. The Labute approximate surface area is 87.1 Å². The van der Waals surface area contributed by atoms with E-state index in [0.29, 0.717) is 6.04 Å². The Morgan fingerprint density at radius 3 is 2.50 bits per heavy atom. The predicted octanol–water partition coefficient (Wildman–Crippen LogP) is 2.07. The molecular formula is C12H23NO. The molecule has 0 aliphatic heterocycles. The zero-order valence-corrected chi connectivity index (χ0v) is 9.21. The summed E-state index contributed by atoms with van der Waals surface area (Å²) in [4.78, 5) is 0. The third-order valence-corrected chi connectivity index (χ3v) is 3.96. The van der Waals surface area contributed by atoms with Crippen LogP contribution in [0.4, 0.5) is 0 Å². The van der Waals surface area contributed by atoms with Gasteiger partial charge in [0.15, 0.2) is 0 Å². The Bertz CT molecular complexity index is 183. The summed E-state index contributed by atoms with van der Waals surface area (Å²) in [5.41, 5.74) is 0. The lowest BCUT2D eigenvalue weighted by Crippen LogP contribution is -2.43. The first-order chi connectivity index (χ1) is 6.75. The Hall–Kier alpha value is -0.0800. The Balaban J connectivity index is 1.78. The van der Waals surface area contributed by atoms with Crippen molar-refractivity contribution in [1.82, 2.24) is 5.32 Å². The summed E-state index contributed by atoms with van der Waals surface area (Å²) in [6.07, 6.45) is 8.51. The van der Waals surface area contributed by atoms with E-state index in [4.69, 9.17) is 0 Å². The van der Waals surface area contributed by atoms with Gasteiger partial charge in [0.1, 0.15) is 0 Å². The molecule has 2 nitrogen and oxygen atoms in total. The average Bonchev–Trinajstić information content (AvgIpc) is 2.52. The molecule has 4 unspecified atom stereocenters. The summed E-state index contributed by atoms with van der Waals surface area (Å²) in [5.74, 6) is 0.842. The quantitative estimate of drug-likeness (QED) is 0.710. The lowest BCUT2D eigenvalue weighted by Gasteiger charge is -2.30. The number of hydrogen-bond donors (Lipinski definition) is 2. The molecule has 0 radical (unpaired) electrons. The van der Waals surface area contributed by atoms with E-state index < -0.39 is 0 Å². The molecule has 0 heterocycles. The van der Waals surface area contributed by atoms with Crippen LogP contribution in [0.15, 0.2) is 0 Å². The van der Waals surface area contributed by atoms with Crippen LogP contribution in [0.5, 0.6) is 0 Å². The normalized spacial score (nSPS) is 44.1. The van der Waals surface area contributed by atoms with Gasteiger partial charge >= 0.3 is 0 Å². The fraction of sp³-hybridized carbons (Fsp3) is 1.00. The fourth-order valence-electron chi connectivity index (χ4n) is 3.01. The van der Waals surface area contributed by atoms with Gasteiger partial charge in [-0.25, -0.2) is 0 Å². The van der Waals surface area contributed by atoms with Crippen LogP contribution in [0.25, 0.3) is 0 Å². The van der Waals surface area contributed by atoms with Gasteiger partial charge in [-0.2, -0.15) is 0 Å². The molecule has 2 rings (SSSR count). The standard InChI is InChI=1S/C12H23NO/c1-9-4-2-7-12(9)13-10-5-3-6-11(14)8-10/h9-14H,2-8H2,1H3. The molecule has 2 heteroatoms. The van der Waals surface area contributed by atoms with Crippen LogP contribution in [0.3, 0.4) is 0 Å². The molecule has 0 amide bonds. The third-order valence-electron chi connectivity index (χ3n) is 3.96. The smallest absolute Gasteiger partial charge is 0.0555 e. The van der Waals surface area contributed by atoms with E-state index in [1.807, 2.05) is 0 Å². The van der Waals surface area contributed by atoms with Crippen LogP contribution in [0.1, 0.15) is 51.9 Å². The van der Waals surface area contributed by atoms with Crippen molar-refractivity contribution in [1.29, 1.82) is 0 Å². The van der Waals surface area contributed by atoms with Gasteiger partial charge in [0, 0.05) is 12.1 Å². The number of rotatable bonds is 2. The molecule has 0 spiro atoms. The van der Waals surface area contributed by atoms with E-state index in [1.165, 1.54) is 32.1 Å². The van der Waals surface area contributed by atoms with E-state index >= 15 is 0 Å². The minimum atomic E-state index is -0.0436. The minimum absolute atomic E-state index is 0.0436. The van der Waals surface area contributed by atoms with E-state index in [0.717, 1.165) is 24.8 Å². The SMILES string of the molecule is CC1CCCC1NC1CCCC(O)C1. The van der Waals surface area contributed by atoms with Gasteiger partial charge in [-0.05, 0) is 44.4 Å². The van der Waals surface area contributed by atoms with Gasteiger partial charge in [0.25, 0.3) is 0 Å². The molecule has 82 valence electrons. The Morgan fingerprint density at radius 2 is 1.86 bits per heavy atom. The first-order valence-electron chi connectivity index (χ1n) is 6.20. The van der Waals surface area contributed by atoms with Gasteiger partial charge in [-0.15, -0.1) is 0 Å². The number of aliphatic hydroxyl groups excluding tert-OH is 1. The molecule has 2 fully saturated rings. The van der Waals surface area contributed by atoms with Crippen molar-refractivity contribution in [3.8, 4) is 0 Å². The summed E-state index contributed by atoms with van der Waals surface area (Å²) in [6, 6.07) is 1.31. The van der Waals surface area contributed by atoms with Crippen LogP contribution in [-0.2, 0) is 0 Å². The van der Waals surface area contributed by atoms with Gasteiger partial charge in [0.05, 0.1) is 6.10 Å². The first kappa shape index (κ1) is 10.4. The maximum Gasteiger partial charge on any atom is 0.0555 e. The van der Waals surface area contributed by atoms with Crippen molar-refractivity contribution < 1.29 is 5.11 Å². The summed E-state index contributed by atoms with van der Waals surface area (Å²) >= 11 is 0. The summed E-state index contributed by atoms with van der Waals surface area (Å²) in [6.45, 7) is 2.35. The minimum Gasteiger partial charge on any atom is -0.393 e.